The fourth-order valence-corrected chi connectivity index (χ4v) is 4.06. The summed E-state index contributed by atoms with van der Waals surface area (Å²) in [6.07, 6.45) is 2.35. The molecule has 162 valence electrons. The first-order valence-electron chi connectivity index (χ1n) is 10.4. The molecule has 1 saturated heterocycles. The lowest BCUT2D eigenvalue weighted by Gasteiger charge is -2.29. The Morgan fingerprint density at radius 1 is 1.16 bits per heavy atom. The molecule has 0 bridgehead atoms. The number of carbonyl (C=O) groups is 3. The third-order valence-electron chi connectivity index (χ3n) is 5.78. The lowest BCUT2D eigenvalue weighted by molar-refractivity contribution is -0.136. The Labute approximate surface area is 184 Å². The number of fused-ring (bicyclic) bond motifs is 1. The second-order valence-corrected chi connectivity index (χ2v) is 7.95. The summed E-state index contributed by atoms with van der Waals surface area (Å²) >= 11 is 0. The van der Waals surface area contributed by atoms with Crippen molar-refractivity contribution in [3.05, 3.63) is 71.0 Å². The minimum atomic E-state index is -0.632. The van der Waals surface area contributed by atoms with Crippen LogP contribution >= 0.6 is 0 Å². The summed E-state index contributed by atoms with van der Waals surface area (Å²) in [5.41, 5.74) is 3.85. The molecule has 0 spiro atoms. The highest BCUT2D eigenvalue weighted by Gasteiger charge is 2.39. The number of rotatable bonds is 5. The van der Waals surface area contributed by atoms with Crippen LogP contribution in [0.15, 0.2) is 48.7 Å². The van der Waals surface area contributed by atoms with E-state index in [0.717, 1.165) is 22.6 Å². The molecule has 2 aliphatic heterocycles. The third-order valence-corrected chi connectivity index (χ3v) is 5.78. The number of carbonyl (C=O) groups excluding carboxylic acids is 3. The number of benzene rings is 2. The van der Waals surface area contributed by atoms with E-state index in [4.69, 9.17) is 4.74 Å². The zero-order valence-electron chi connectivity index (χ0n) is 17.4. The number of nitrogens with one attached hydrogen (secondary N) is 1. The summed E-state index contributed by atoms with van der Waals surface area (Å²) in [6, 6.07) is 12.5. The van der Waals surface area contributed by atoms with Gasteiger partial charge in [0.25, 0.3) is 5.91 Å². The summed E-state index contributed by atoms with van der Waals surface area (Å²) in [5, 5.41) is 10.7. The third kappa shape index (κ3) is 3.62. The van der Waals surface area contributed by atoms with Gasteiger partial charge in [0.05, 0.1) is 11.9 Å². The topological polar surface area (TPSA) is 106 Å². The Hall–Kier alpha value is -4.01. The fraction of sp³-hybridized carbons (Fsp3) is 0.261. The van der Waals surface area contributed by atoms with Gasteiger partial charge in [0.1, 0.15) is 24.1 Å². The van der Waals surface area contributed by atoms with Gasteiger partial charge < -0.3 is 9.64 Å². The molecule has 1 unspecified atom stereocenters. The molecule has 1 N–H and O–H groups in total. The van der Waals surface area contributed by atoms with E-state index >= 15 is 0 Å². The Morgan fingerprint density at radius 3 is 2.81 bits per heavy atom. The van der Waals surface area contributed by atoms with Crippen molar-refractivity contribution in [1.29, 1.82) is 0 Å². The predicted molar refractivity (Wildman–Crippen MR) is 113 cm³/mol. The van der Waals surface area contributed by atoms with Crippen LogP contribution in [0.3, 0.4) is 0 Å². The zero-order valence-corrected chi connectivity index (χ0v) is 17.4. The van der Waals surface area contributed by atoms with E-state index in [0.29, 0.717) is 24.2 Å². The van der Waals surface area contributed by atoms with Crippen LogP contribution in [0.25, 0.3) is 5.69 Å². The van der Waals surface area contributed by atoms with Gasteiger partial charge in [-0.2, -0.15) is 0 Å². The number of aromatic nitrogens is 3. The van der Waals surface area contributed by atoms with Crippen molar-refractivity contribution in [3.63, 3.8) is 0 Å². The summed E-state index contributed by atoms with van der Waals surface area (Å²) in [7, 11) is 0. The van der Waals surface area contributed by atoms with Crippen molar-refractivity contribution in [3.8, 4) is 11.4 Å². The number of hydrogen-bond donors (Lipinski definition) is 1. The van der Waals surface area contributed by atoms with Gasteiger partial charge in [0, 0.05) is 18.5 Å². The highest BCUT2D eigenvalue weighted by Crippen LogP contribution is 2.29. The maximum atomic E-state index is 12.8. The maximum Gasteiger partial charge on any atom is 0.255 e. The van der Waals surface area contributed by atoms with E-state index in [2.05, 4.69) is 15.6 Å². The molecule has 2 aliphatic rings. The maximum absolute atomic E-state index is 12.8. The number of nitrogens with zero attached hydrogens (tertiary/aromatic N) is 4. The Balaban J connectivity index is 1.31. The van der Waals surface area contributed by atoms with Crippen LogP contribution in [-0.2, 0) is 22.7 Å². The van der Waals surface area contributed by atoms with Gasteiger partial charge >= 0.3 is 0 Å². The van der Waals surface area contributed by atoms with Crippen molar-refractivity contribution >= 4 is 17.7 Å². The molecule has 1 aromatic heterocycles. The molecule has 2 aromatic carbocycles. The number of ether oxygens (including phenoxy) is 1. The van der Waals surface area contributed by atoms with E-state index in [-0.39, 0.29) is 24.8 Å². The standard InChI is InChI=1S/C23H21N5O4/c1-14-4-2-3-5-20(14)32-13-16-12-28(26-25-16)17-6-7-18-15(10-17)11-27(23(18)31)19-8-9-21(29)24-22(19)30/h2-7,10,12,19H,8-9,11,13H2,1H3,(H,24,29,30). The van der Waals surface area contributed by atoms with Crippen LogP contribution < -0.4 is 10.1 Å². The predicted octanol–water partition coefficient (Wildman–Crippen LogP) is 1.92. The van der Waals surface area contributed by atoms with Crippen LogP contribution in [0, 0.1) is 6.92 Å². The monoisotopic (exact) mass is 431 g/mol. The van der Waals surface area contributed by atoms with Crippen LogP contribution in [0.4, 0.5) is 0 Å². The average molecular weight is 431 g/mol. The SMILES string of the molecule is Cc1ccccc1OCc1cn(-c2ccc3c(c2)CN(C2CCC(=O)NC2=O)C3=O)nn1. The normalized spacial score (nSPS) is 18.0. The molecule has 32 heavy (non-hydrogen) atoms. The fourth-order valence-electron chi connectivity index (χ4n) is 4.06. The summed E-state index contributed by atoms with van der Waals surface area (Å²) in [6.45, 7) is 2.58. The van der Waals surface area contributed by atoms with Crippen molar-refractivity contribution in [2.45, 2.75) is 39.0 Å². The van der Waals surface area contributed by atoms with Gasteiger partial charge in [-0.05, 0) is 48.7 Å². The minimum Gasteiger partial charge on any atom is -0.487 e. The van der Waals surface area contributed by atoms with Gasteiger partial charge in [-0.25, -0.2) is 4.68 Å². The quantitative estimate of drug-likeness (QED) is 0.619. The van der Waals surface area contributed by atoms with Crippen LogP contribution in [0.2, 0.25) is 0 Å². The van der Waals surface area contributed by atoms with E-state index in [1.807, 2.05) is 37.3 Å². The molecular formula is C23H21N5O4. The molecule has 3 aromatic rings. The van der Waals surface area contributed by atoms with Gasteiger partial charge in [-0.1, -0.05) is 23.4 Å². The van der Waals surface area contributed by atoms with Crippen LogP contribution in [0.1, 0.15) is 40.0 Å². The minimum absolute atomic E-state index is 0.202. The Bertz CT molecular complexity index is 1230. The average Bonchev–Trinajstić information content (AvgIpc) is 3.38. The highest BCUT2D eigenvalue weighted by molar-refractivity contribution is 6.05. The molecule has 9 heteroatoms. The van der Waals surface area contributed by atoms with Gasteiger partial charge in [-0.3, -0.25) is 19.7 Å². The van der Waals surface area contributed by atoms with Crippen molar-refractivity contribution in [2.24, 2.45) is 0 Å². The first kappa shape index (κ1) is 19.9. The zero-order chi connectivity index (χ0) is 22.2. The van der Waals surface area contributed by atoms with Crippen molar-refractivity contribution < 1.29 is 19.1 Å². The first-order chi connectivity index (χ1) is 15.5. The van der Waals surface area contributed by atoms with E-state index in [1.54, 1.807) is 23.0 Å². The number of piperidine rings is 1. The molecule has 5 rings (SSSR count). The summed E-state index contributed by atoms with van der Waals surface area (Å²) < 4.78 is 7.46. The molecule has 0 aliphatic carbocycles. The second kappa shape index (κ2) is 7.92. The second-order valence-electron chi connectivity index (χ2n) is 7.95. The molecular weight excluding hydrogens is 410 g/mol. The molecule has 0 saturated carbocycles. The Kier molecular flexibility index (Phi) is 4.93. The molecule has 0 radical (unpaired) electrons. The molecule has 3 amide bonds. The lowest BCUT2D eigenvalue weighted by Crippen LogP contribution is -2.52. The van der Waals surface area contributed by atoms with Crippen LogP contribution in [-0.4, -0.2) is 43.7 Å². The molecule has 3 heterocycles. The van der Waals surface area contributed by atoms with Gasteiger partial charge in [-0.15, -0.1) is 5.10 Å². The summed E-state index contributed by atoms with van der Waals surface area (Å²) in [4.78, 5) is 38.0. The first-order valence-corrected chi connectivity index (χ1v) is 10.4. The number of hydrogen-bond acceptors (Lipinski definition) is 6. The molecule has 1 fully saturated rings. The lowest BCUT2D eigenvalue weighted by atomic mass is 10.0. The Morgan fingerprint density at radius 2 is 2.00 bits per heavy atom. The molecule has 9 nitrogen and oxygen atoms in total. The molecule has 1 atom stereocenters. The number of aryl methyl sites for hydroxylation is 1. The smallest absolute Gasteiger partial charge is 0.255 e. The van der Waals surface area contributed by atoms with Crippen LogP contribution in [0.5, 0.6) is 5.75 Å². The van der Waals surface area contributed by atoms with Gasteiger partial charge in [0.15, 0.2) is 0 Å². The van der Waals surface area contributed by atoms with Crippen molar-refractivity contribution in [1.82, 2.24) is 25.2 Å². The number of amides is 3. The van der Waals surface area contributed by atoms with Crippen molar-refractivity contribution in [2.75, 3.05) is 0 Å². The highest BCUT2D eigenvalue weighted by atomic mass is 16.5. The van der Waals surface area contributed by atoms with Gasteiger partial charge in [0.2, 0.25) is 11.8 Å². The van der Waals surface area contributed by atoms with E-state index in [1.165, 1.54) is 4.90 Å². The number of para-hydroxylation sites is 1. The summed E-state index contributed by atoms with van der Waals surface area (Å²) in [5.74, 6) is -0.123. The largest absolute Gasteiger partial charge is 0.487 e. The number of imide groups is 1. The van der Waals surface area contributed by atoms with E-state index in [9.17, 15) is 14.4 Å². The van der Waals surface area contributed by atoms with E-state index < -0.39 is 11.9 Å².